The van der Waals surface area contributed by atoms with Crippen LogP contribution in [-0.2, 0) is 10.2 Å². The monoisotopic (exact) mass is 594 g/mol. The van der Waals surface area contributed by atoms with Crippen molar-refractivity contribution in [3.63, 3.8) is 0 Å². The van der Waals surface area contributed by atoms with Gasteiger partial charge in [-0.05, 0) is 98.5 Å². The van der Waals surface area contributed by atoms with E-state index in [-0.39, 0.29) is 5.41 Å². The average molecular weight is 595 g/mol. The topological polar surface area (TPSA) is 17.1 Å². The second kappa shape index (κ2) is 16.4. The molecule has 0 saturated heterocycles. The number of hydrogen-bond acceptors (Lipinski definition) is 1. The number of Topliss-reactive ketones (excluding diaryl/α,β-unsaturated/α-hetero) is 1. The molecule has 5 rings (SSSR count). The molecule has 3 saturated carbocycles. The predicted octanol–water partition coefficient (Wildman–Crippen LogP) is 12.6. The van der Waals surface area contributed by atoms with Crippen molar-refractivity contribution in [3.05, 3.63) is 83.9 Å². The molecule has 1 nitrogen and oxygen atoms in total. The van der Waals surface area contributed by atoms with E-state index in [2.05, 4.69) is 67.6 Å². The van der Waals surface area contributed by atoms with Crippen LogP contribution in [0, 0.1) is 23.2 Å². The van der Waals surface area contributed by atoms with Crippen LogP contribution in [0.2, 0.25) is 0 Å². The van der Waals surface area contributed by atoms with Gasteiger partial charge in [-0.15, -0.1) is 0 Å². The molecule has 1 heteroatoms. The van der Waals surface area contributed by atoms with Gasteiger partial charge in [0.2, 0.25) is 0 Å². The molecule has 240 valence electrons. The largest absolute Gasteiger partial charge is 0.300 e. The molecular formula is C43H62O. The van der Waals surface area contributed by atoms with E-state index in [9.17, 15) is 4.79 Å². The fourth-order valence-corrected chi connectivity index (χ4v) is 10.3. The zero-order valence-corrected chi connectivity index (χ0v) is 28.2. The van der Waals surface area contributed by atoms with Gasteiger partial charge >= 0.3 is 0 Å². The molecule has 2 aromatic carbocycles. The summed E-state index contributed by atoms with van der Waals surface area (Å²) in [6, 6.07) is 22.3. The molecule has 0 N–H and O–H groups in total. The number of unbranched alkanes of at least 4 members (excludes halogenated alkanes) is 8. The second-order valence-electron chi connectivity index (χ2n) is 15.2. The summed E-state index contributed by atoms with van der Waals surface area (Å²) in [5.41, 5.74) is 4.56. The van der Waals surface area contributed by atoms with Crippen molar-refractivity contribution in [2.24, 2.45) is 23.2 Å². The van der Waals surface area contributed by atoms with Crippen molar-refractivity contribution in [1.82, 2.24) is 0 Å². The Morgan fingerprint density at radius 2 is 1.23 bits per heavy atom. The molecule has 2 unspecified atom stereocenters. The molecule has 2 aromatic rings. The Labute approximate surface area is 270 Å². The van der Waals surface area contributed by atoms with Crippen molar-refractivity contribution in [2.75, 3.05) is 0 Å². The number of carbonyl (C=O) groups is 1. The van der Waals surface area contributed by atoms with Gasteiger partial charge in [-0.1, -0.05) is 144 Å². The van der Waals surface area contributed by atoms with Crippen LogP contribution in [0.1, 0.15) is 159 Å². The zero-order valence-electron chi connectivity index (χ0n) is 28.2. The number of benzene rings is 2. The van der Waals surface area contributed by atoms with Crippen molar-refractivity contribution in [2.45, 2.75) is 154 Å². The summed E-state index contributed by atoms with van der Waals surface area (Å²) in [7, 11) is 0. The lowest BCUT2D eigenvalue weighted by molar-refractivity contribution is -0.119. The maximum absolute atomic E-state index is 13.1. The van der Waals surface area contributed by atoms with E-state index in [4.69, 9.17) is 6.58 Å². The summed E-state index contributed by atoms with van der Waals surface area (Å²) in [5.74, 6) is 3.11. The van der Waals surface area contributed by atoms with E-state index in [1.165, 1.54) is 119 Å². The van der Waals surface area contributed by atoms with E-state index < -0.39 is 0 Å². The Balaban J connectivity index is 1.22. The van der Waals surface area contributed by atoms with Gasteiger partial charge in [0.25, 0.3) is 0 Å². The standard InChI is InChI=1S/C43H62O/c1-3-4-5-6-7-8-9-10-17-25-41(44)26-20-31-43(37-21-13-11-14-22-37,38-23-15-12-16-24-38)35(2)32-36-33-39-27-28-40(34-36)42(39)29-18-19-30-42/h11-16,21-24,36,39-40H,2-10,17-20,25-34H2,1H3. The number of rotatable bonds is 19. The summed E-state index contributed by atoms with van der Waals surface area (Å²) in [6.07, 6.45) is 27.9. The van der Waals surface area contributed by atoms with E-state index in [0.29, 0.717) is 17.6 Å². The van der Waals surface area contributed by atoms with Gasteiger partial charge < -0.3 is 0 Å². The number of hydrogen-bond donors (Lipinski definition) is 0. The maximum atomic E-state index is 13.1. The van der Waals surface area contributed by atoms with Crippen molar-refractivity contribution in [1.29, 1.82) is 0 Å². The Kier molecular flexibility index (Phi) is 12.4. The van der Waals surface area contributed by atoms with E-state index in [1.54, 1.807) is 0 Å². The third kappa shape index (κ3) is 7.79. The zero-order chi connectivity index (χ0) is 30.7. The Bertz CT molecular complexity index is 1080. The molecule has 1 spiro atoms. The minimum atomic E-state index is -0.234. The van der Waals surface area contributed by atoms with Gasteiger partial charge in [-0.25, -0.2) is 0 Å². The minimum Gasteiger partial charge on any atom is -0.300 e. The number of carbonyl (C=O) groups excluding carboxylic acids is 1. The maximum Gasteiger partial charge on any atom is 0.132 e. The molecule has 44 heavy (non-hydrogen) atoms. The van der Waals surface area contributed by atoms with E-state index in [0.717, 1.165) is 49.9 Å². The molecule has 3 aliphatic rings. The van der Waals surface area contributed by atoms with Gasteiger partial charge in [-0.2, -0.15) is 0 Å². The van der Waals surface area contributed by atoms with Crippen LogP contribution < -0.4 is 0 Å². The molecule has 0 aromatic heterocycles. The third-order valence-electron chi connectivity index (χ3n) is 12.5. The molecule has 0 radical (unpaired) electrons. The summed E-state index contributed by atoms with van der Waals surface area (Å²) in [4.78, 5) is 13.1. The van der Waals surface area contributed by atoms with Crippen LogP contribution in [0.15, 0.2) is 72.8 Å². The highest BCUT2D eigenvalue weighted by molar-refractivity contribution is 5.78. The molecule has 0 heterocycles. The average Bonchev–Trinajstić information content (AvgIpc) is 3.59. The van der Waals surface area contributed by atoms with Gasteiger partial charge in [0, 0.05) is 18.3 Å². The lowest BCUT2D eigenvalue weighted by atomic mass is 9.58. The van der Waals surface area contributed by atoms with Gasteiger partial charge in [0.1, 0.15) is 5.78 Å². The summed E-state index contributed by atoms with van der Waals surface area (Å²) in [6.45, 7) is 7.23. The second-order valence-corrected chi connectivity index (χ2v) is 15.2. The first-order valence-corrected chi connectivity index (χ1v) is 18.9. The van der Waals surface area contributed by atoms with Crippen molar-refractivity contribution < 1.29 is 4.79 Å². The van der Waals surface area contributed by atoms with E-state index in [1.807, 2.05) is 0 Å². The first-order chi connectivity index (χ1) is 21.6. The fraction of sp³-hybridized carbons (Fsp3) is 0.651. The Morgan fingerprint density at radius 1 is 0.727 bits per heavy atom. The SMILES string of the molecule is C=C(CC1CC2CCC(C1)C21CCCC1)C(CCCC(=O)CCCCCCCCCCC)(c1ccccc1)c1ccccc1. The molecule has 0 amide bonds. The first-order valence-electron chi connectivity index (χ1n) is 18.9. The quantitative estimate of drug-likeness (QED) is 0.117. The van der Waals surface area contributed by atoms with Crippen LogP contribution in [-0.4, -0.2) is 5.78 Å². The molecular weight excluding hydrogens is 532 g/mol. The van der Waals surface area contributed by atoms with Crippen LogP contribution in [0.4, 0.5) is 0 Å². The molecule has 3 fully saturated rings. The fourth-order valence-electron chi connectivity index (χ4n) is 10.3. The third-order valence-corrected chi connectivity index (χ3v) is 12.5. The highest BCUT2D eigenvalue weighted by Gasteiger charge is 2.54. The molecule has 3 aliphatic carbocycles. The highest BCUT2D eigenvalue weighted by atomic mass is 16.1. The lowest BCUT2D eigenvalue weighted by Crippen LogP contribution is -2.37. The van der Waals surface area contributed by atoms with Gasteiger partial charge in [-0.3, -0.25) is 4.79 Å². The summed E-state index contributed by atoms with van der Waals surface area (Å²) >= 11 is 0. The minimum absolute atomic E-state index is 0.234. The smallest absolute Gasteiger partial charge is 0.132 e. The predicted molar refractivity (Wildman–Crippen MR) is 188 cm³/mol. The summed E-state index contributed by atoms with van der Waals surface area (Å²) in [5, 5.41) is 0. The Hall–Kier alpha value is -2.15. The van der Waals surface area contributed by atoms with Crippen LogP contribution >= 0.6 is 0 Å². The molecule has 0 aliphatic heterocycles. The van der Waals surface area contributed by atoms with Crippen LogP contribution in [0.5, 0.6) is 0 Å². The summed E-state index contributed by atoms with van der Waals surface area (Å²) < 4.78 is 0. The number of ketones is 1. The molecule has 2 atom stereocenters. The normalized spacial score (nSPS) is 22.4. The van der Waals surface area contributed by atoms with Crippen LogP contribution in [0.25, 0.3) is 0 Å². The van der Waals surface area contributed by atoms with Crippen LogP contribution in [0.3, 0.4) is 0 Å². The van der Waals surface area contributed by atoms with Crippen molar-refractivity contribution >= 4 is 5.78 Å². The first kappa shape index (κ1) is 33.2. The van der Waals surface area contributed by atoms with Gasteiger partial charge in [0.15, 0.2) is 0 Å². The Morgan fingerprint density at radius 3 is 1.77 bits per heavy atom. The highest BCUT2D eigenvalue weighted by Crippen LogP contribution is 2.65. The van der Waals surface area contributed by atoms with Gasteiger partial charge in [0.05, 0.1) is 0 Å². The van der Waals surface area contributed by atoms with Crippen molar-refractivity contribution in [3.8, 4) is 0 Å². The lowest BCUT2D eigenvalue weighted by Gasteiger charge is -2.46. The number of allylic oxidation sites excluding steroid dienone is 1. The molecule has 2 bridgehead atoms. The van der Waals surface area contributed by atoms with E-state index >= 15 is 0 Å².